The quantitative estimate of drug-likeness (QED) is 0.712. The van der Waals surface area contributed by atoms with Crippen LogP contribution in [0.5, 0.6) is 5.75 Å². The normalized spacial score (nSPS) is 11.8. The summed E-state index contributed by atoms with van der Waals surface area (Å²) in [4.78, 5) is 22.0. The molecule has 2 N–H and O–H groups in total. The number of hydrogen-bond acceptors (Lipinski definition) is 4. The number of nitrogens with one attached hydrogen (secondary N) is 1. The van der Waals surface area contributed by atoms with Gasteiger partial charge in [0.15, 0.2) is 6.10 Å². The van der Waals surface area contributed by atoms with Crippen molar-refractivity contribution in [1.29, 1.82) is 0 Å². The van der Waals surface area contributed by atoms with Gasteiger partial charge >= 0.3 is 5.97 Å². The number of benzene rings is 1. The number of rotatable bonds is 8. The average Bonchev–Trinajstić information content (AvgIpc) is 2.40. The first kappa shape index (κ1) is 17.3. The van der Waals surface area contributed by atoms with Crippen molar-refractivity contribution < 1.29 is 24.2 Å². The van der Waals surface area contributed by atoms with Gasteiger partial charge in [-0.3, -0.25) is 4.79 Å². The minimum Gasteiger partial charge on any atom is -0.481 e. The molecule has 0 aromatic heterocycles. The first-order valence-electron chi connectivity index (χ1n) is 6.40. The van der Waals surface area contributed by atoms with Crippen molar-refractivity contribution in [2.45, 2.75) is 20.0 Å². The maximum Gasteiger partial charge on any atom is 0.329 e. The molecule has 0 aliphatic carbocycles. The molecule has 1 rings (SSSR count). The molecule has 7 heteroatoms. The van der Waals surface area contributed by atoms with E-state index in [-0.39, 0.29) is 25.7 Å². The van der Waals surface area contributed by atoms with Gasteiger partial charge in [-0.2, -0.15) is 0 Å². The highest BCUT2D eigenvalue weighted by Gasteiger charge is 2.15. The van der Waals surface area contributed by atoms with Crippen LogP contribution < -0.4 is 10.1 Å². The zero-order chi connectivity index (χ0) is 15.8. The fourth-order valence-corrected chi connectivity index (χ4v) is 1.77. The van der Waals surface area contributed by atoms with Crippen molar-refractivity contribution in [3.8, 4) is 5.75 Å². The number of carboxylic acids is 1. The fraction of sp³-hybridized carbons (Fsp3) is 0.429. The van der Waals surface area contributed by atoms with Gasteiger partial charge in [-0.25, -0.2) is 4.79 Å². The Hall–Kier alpha value is -1.79. The molecule has 21 heavy (non-hydrogen) atoms. The molecule has 0 spiro atoms. The summed E-state index contributed by atoms with van der Waals surface area (Å²) in [6.07, 6.45) is -0.677. The predicted octanol–water partition coefficient (Wildman–Crippen LogP) is 1.63. The Labute approximate surface area is 128 Å². The van der Waals surface area contributed by atoms with Crippen LogP contribution in [0.15, 0.2) is 18.2 Å². The molecule has 0 saturated carbocycles. The molecule has 0 radical (unpaired) electrons. The summed E-state index contributed by atoms with van der Waals surface area (Å²) in [5.74, 6) is -0.760. The third-order valence-corrected chi connectivity index (χ3v) is 2.82. The minimum atomic E-state index is -1.05. The van der Waals surface area contributed by atoms with Crippen LogP contribution >= 0.6 is 11.6 Å². The van der Waals surface area contributed by atoms with Crippen molar-refractivity contribution in [3.63, 3.8) is 0 Å². The maximum atomic E-state index is 11.8. The summed E-state index contributed by atoms with van der Waals surface area (Å²) in [7, 11) is 0. The molecular weight excluding hydrogens is 298 g/mol. The third kappa shape index (κ3) is 6.46. The molecule has 0 aliphatic rings. The molecule has 0 bridgehead atoms. The highest BCUT2D eigenvalue weighted by molar-refractivity contribution is 6.30. The van der Waals surface area contributed by atoms with Crippen molar-refractivity contribution in [2.24, 2.45) is 0 Å². The lowest BCUT2D eigenvalue weighted by Gasteiger charge is -2.16. The lowest BCUT2D eigenvalue weighted by molar-refractivity contribution is -0.142. The molecular formula is C14H18ClNO5. The van der Waals surface area contributed by atoms with Gasteiger partial charge in [-0.1, -0.05) is 11.6 Å². The Morgan fingerprint density at radius 3 is 2.76 bits per heavy atom. The van der Waals surface area contributed by atoms with E-state index in [1.54, 1.807) is 25.1 Å². The summed E-state index contributed by atoms with van der Waals surface area (Å²) in [5.41, 5.74) is 0.840. The largest absolute Gasteiger partial charge is 0.481 e. The van der Waals surface area contributed by atoms with Gasteiger partial charge in [-0.05, 0) is 37.6 Å². The second-order valence-electron chi connectivity index (χ2n) is 4.41. The summed E-state index contributed by atoms with van der Waals surface area (Å²) in [6, 6.07) is 5.15. The summed E-state index contributed by atoms with van der Waals surface area (Å²) in [6.45, 7) is 3.43. The van der Waals surface area contributed by atoms with Gasteiger partial charge in [0.1, 0.15) is 12.4 Å². The molecule has 6 nitrogen and oxygen atoms in total. The number of halogens is 1. The van der Waals surface area contributed by atoms with E-state index in [0.29, 0.717) is 10.8 Å². The SMILES string of the molecule is Cc1cc(Cl)ccc1OC(C)C(=O)NCCOCC(=O)O. The van der Waals surface area contributed by atoms with E-state index in [0.717, 1.165) is 5.56 Å². The third-order valence-electron chi connectivity index (χ3n) is 2.58. The number of ether oxygens (including phenoxy) is 2. The standard InChI is InChI=1S/C14H18ClNO5/c1-9-7-11(15)3-4-12(9)21-10(2)14(19)16-5-6-20-8-13(17)18/h3-4,7,10H,5-6,8H2,1-2H3,(H,16,19)(H,17,18). The van der Waals surface area contributed by atoms with Gasteiger partial charge in [0.25, 0.3) is 5.91 Å². The van der Waals surface area contributed by atoms with Gasteiger partial charge in [0.2, 0.25) is 0 Å². The maximum absolute atomic E-state index is 11.8. The Morgan fingerprint density at radius 1 is 1.43 bits per heavy atom. The van der Waals surface area contributed by atoms with E-state index in [2.05, 4.69) is 5.32 Å². The van der Waals surface area contributed by atoms with E-state index < -0.39 is 12.1 Å². The number of carbonyl (C=O) groups is 2. The van der Waals surface area contributed by atoms with Gasteiger partial charge < -0.3 is 19.9 Å². The Balaban J connectivity index is 2.35. The van der Waals surface area contributed by atoms with Crippen molar-refractivity contribution in [3.05, 3.63) is 28.8 Å². The zero-order valence-electron chi connectivity index (χ0n) is 11.9. The predicted molar refractivity (Wildman–Crippen MR) is 77.7 cm³/mol. The van der Waals surface area contributed by atoms with E-state index in [1.165, 1.54) is 0 Å². The van der Waals surface area contributed by atoms with Crippen LogP contribution in [-0.4, -0.2) is 42.8 Å². The van der Waals surface area contributed by atoms with Crippen LogP contribution in [0.1, 0.15) is 12.5 Å². The number of aliphatic carboxylic acids is 1. The number of aryl methyl sites for hydroxylation is 1. The molecule has 116 valence electrons. The first-order valence-corrected chi connectivity index (χ1v) is 6.78. The molecule has 0 heterocycles. The summed E-state index contributed by atoms with van der Waals surface area (Å²) in [5, 5.41) is 11.6. The van der Waals surface area contributed by atoms with Gasteiger partial charge in [0, 0.05) is 11.6 Å². The number of carbonyl (C=O) groups excluding carboxylic acids is 1. The van der Waals surface area contributed by atoms with E-state index in [9.17, 15) is 9.59 Å². The molecule has 0 fully saturated rings. The van der Waals surface area contributed by atoms with Crippen molar-refractivity contribution in [1.82, 2.24) is 5.32 Å². The van der Waals surface area contributed by atoms with Crippen LogP contribution in [-0.2, 0) is 14.3 Å². The Kier molecular flexibility index (Phi) is 6.98. The lowest BCUT2D eigenvalue weighted by atomic mass is 10.2. The lowest BCUT2D eigenvalue weighted by Crippen LogP contribution is -2.38. The fourth-order valence-electron chi connectivity index (χ4n) is 1.54. The molecule has 1 unspecified atom stereocenters. The first-order chi connectivity index (χ1) is 9.90. The van der Waals surface area contributed by atoms with Crippen molar-refractivity contribution in [2.75, 3.05) is 19.8 Å². The second-order valence-corrected chi connectivity index (χ2v) is 4.84. The number of amides is 1. The Bertz CT molecular complexity index is 506. The van der Waals surface area contributed by atoms with E-state index in [4.69, 9.17) is 26.2 Å². The molecule has 0 saturated heterocycles. The smallest absolute Gasteiger partial charge is 0.329 e. The monoisotopic (exact) mass is 315 g/mol. The zero-order valence-corrected chi connectivity index (χ0v) is 12.6. The van der Waals surface area contributed by atoms with E-state index >= 15 is 0 Å². The summed E-state index contributed by atoms with van der Waals surface area (Å²) < 4.78 is 10.4. The summed E-state index contributed by atoms with van der Waals surface area (Å²) >= 11 is 5.85. The highest BCUT2D eigenvalue weighted by Crippen LogP contribution is 2.22. The molecule has 1 atom stereocenters. The van der Waals surface area contributed by atoms with Crippen molar-refractivity contribution >= 4 is 23.5 Å². The van der Waals surface area contributed by atoms with Crippen LogP contribution in [0.25, 0.3) is 0 Å². The van der Waals surface area contributed by atoms with Gasteiger partial charge in [0.05, 0.1) is 6.61 Å². The van der Waals surface area contributed by atoms with Crippen LogP contribution in [0.2, 0.25) is 5.02 Å². The second kappa shape index (κ2) is 8.49. The Morgan fingerprint density at radius 2 is 2.14 bits per heavy atom. The van der Waals surface area contributed by atoms with E-state index in [1.807, 2.05) is 6.92 Å². The molecule has 1 aromatic carbocycles. The highest BCUT2D eigenvalue weighted by atomic mass is 35.5. The molecule has 1 amide bonds. The molecule has 1 aromatic rings. The number of carboxylic acid groups (broad SMARTS) is 1. The van der Waals surface area contributed by atoms with Gasteiger partial charge in [-0.15, -0.1) is 0 Å². The minimum absolute atomic E-state index is 0.130. The number of hydrogen-bond donors (Lipinski definition) is 2. The average molecular weight is 316 g/mol. The van der Waals surface area contributed by atoms with Crippen LogP contribution in [0.4, 0.5) is 0 Å². The van der Waals surface area contributed by atoms with Crippen LogP contribution in [0.3, 0.4) is 0 Å². The van der Waals surface area contributed by atoms with Crippen LogP contribution in [0, 0.1) is 6.92 Å². The molecule has 0 aliphatic heterocycles. The topological polar surface area (TPSA) is 84.9 Å².